The molecule has 32 heavy (non-hydrogen) atoms. The van der Waals surface area contributed by atoms with Crippen LogP contribution in [-0.4, -0.2) is 41.0 Å². The molecule has 0 aliphatic rings. The molecule has 0 atom stereocenters. The van der Waals surface area contributed by atoms with Crippen LogP contribution in [0, 0.1) is 5.82 Å². The molecule has 0 spiro atoms. The van der Waals surface area contributed by atoms with Crippen molar-refractivity contribution in [3.8, 4) is 11.3 Å². The lowest BCUT2D eigenvalue weighted by atomic mass is 10.1. The predicted molar refractivity (Wildman–Crippen MR) is 119 cm³/mol. The highest BCUT2D eigenvalue weighted by Crippen LogP contribution is 2.34. The van der Waals surface area contributed by atoms with Gasteiger partial charge in [0.15, 0.2) is 5.82 Å². The molecule has 170 valence electrons. The Hall–Kier alpha value is -2.91. The van der Waals surface area contributed by atoms with Crippen LogP contribution in [0.2, 0.25) is 5.15 Å². The number of aromatic nitrogens is 2. The second kappa shape index (κ2) is 8.91. The van der Waals surface area contributed by atoms with Crippen molar-refractivity contribution in [3.05, 3.63) is 71.4 Å². The van der Waals surface area contributed by atoms with Gasteiger partial charge in [0.1, 0.15) is 17.5 Å². The minimum Gasteiger partial charge on any atom is -0.444 e. The molecule has 0 fully saturated rings. The van der Waals surface area contributed by atoms with E-state index in [2.05, 4.69) is 4.98 Å². The Bertz CT molecular complexity index is 1240. The Morgan fingerprint density at radius 2 is 1.84 bits per heavy atom. The third-order valence-corrected chi connectivity index (χ3v) is 6.90. The highest BCUT2D eigenvalue weighted by Gasteiger charge is 2.29. The first kappa shape index (κ1) is 23.7. The summed E-state index contributed by atoms with van der Waals surface area (Å²) in [6.45, 7) is 4.99. The summed E-state index contributed by atoms with van der Waals surface area (Å²) in [6.07, 6.45) is 1.84. The molecular formula is C22H23ClFN3O4S. The molecule has 0 radical (unpaired) electrons. The van der Waals surface area contributed by atoms with Gasteiger partial charge in [-0.15, -0.1) is 0 Å². The number of rotatable bonds is 5. The van der Waals surface area contributed by atoms with Crippen molar-refractivity contribution in [2.45, 2.75) is 37.8 Å². The zero-order valence-corrected chi connectivity index (χ0v) is 19.6. The average Bonchev–Trinajstić information content (AvgIpc) is 3.08. The summed E-state index contributed by atoms with van der Waals surface area (Å²) < 4.78 is 48.2. The van der Waals surface area contributed by atoms with Gasteiger partial charge in [-0.2, -0.15) is 0 Å². The molecule has 1 aromatic carbocycles. The first-order valence-corrected chi connectivity index (χ1v) is 11.5. The summed E-state index contributed by atoms with van der Waals surface area (Å²) in [6, 6.07) is 10.6. The van der Waals surface area contributed by atoms with Crippen LogP contribution in [0.15, 0.2) is 59.8 Å². The average molecular weight is 480 g/mol. The van der Waals surface area contributed by atoms with E-state index in [1.807, 2.05) is 20.8 Å². The van der Waals surface area contributed by atoms with Gasteiger partial charge >= 0.3 is 6.09 Å². The van der Waals surface area contributed by atoms with Gasteiger partial charge in [0, 0.05) is 36.1 Å². The quantitative estimate of drug-likeness (QED) is 0.484. The van der Waals surface area contributed by atoms with Crippen molar-refractivity contribution in [2.75, 3.05) is 7.05 Å². The smallest absolute Gasteiger partial charge is 0.410 e. The number of halogens is 2. The molecule has 3 rings (SSSR count). The Balaban J connectivity index is 2.09. The number of nitrogens with zero attached hydrogens (tertiary/aromatic N) is 3. The van der Waals surface area contributed by atoms with E-state index in [-0.39, 0.29) is 26.9 Å². The van der Waals surface area contributed by atoms with E-state index in [0.717, 1.165) is 10.2 Å². The van der Waals surface area contributed by atoms with Gasteiger partial charge in [0.25, 0.3) is 10.0 Å². The van der Waals surface area contributed by atoms with Crippen molar-refractivity contribution < 1.29 is 22.3 Å². The monoisotopic (exact) mass is 479 g/mol. The van der Waals surface area contributed by atoms with Crippen LogP contribution in [-0.2, 0) is 21.4 Å². The van der Waals surface area contributed by atoms with Gasteiger partial charge in [0.05, 0.1) is 4.90 Å². The van der Waals surface area contributed by atoms with Gasteiger partial charge in [-0.3, -0.25) is 0 Å². The zero-order valence-electron chi connectivity index (χ0n) is 18.0. The van der Waals surface area contributed by atoms with E-state index in [1.165, 1.54) is 35.4 Å². The number of ether oxygens (including phenoxy) is 1. The largest absolute Gasteiger partial charge is 0.444 e. The van der Waals surface area contributed by atoms with Crippen molar-refractivity contribution >= 4 is 27.7 Å². The fourth-order valence-corrected chi connectivity index (χ4v) is 4.44. The maximum absolute atomic E-state index is 15.5. The van der Waals surface area contributed by atoms with Gasteiger partial charge in [0.2, 0.25) is 0 Å². The summed E-state index contributed by atoms with van der Waals surface area (Å²) in [5, 5.41) is -0.0648. The fourth-order valence-electron chi connectivity index (χ4n) is 2.82. The third kappa shape index (κ3) is 4.63. The maximum Gasteiger partial charge on any atom is 0.410 e. The number of carbonyl (C=O) groups excluding carboxylic acids is 1. The van der Waals surface area contributed by atoms with Crippen LogP contribution < -0.4 is 0 Å². The SMILES string of the molecule is CN(C(=O)OCc1cn(S(=O)(=O)c2ccccc2)c(-c2cccnc2Cl)c1F)C(C)(C)C. The van der Waals surface area contributed by atoms with Gasteiger partial charge < -0.3 is 9.64 Å². The van der Waals surface area contributed by atoms with Crippen molar-refractivity contribution in [2.24, 2.45) is 0 Å². The van der Waals surface area contributed by atoms with Crippen LogP contribution in [0.25, 0.3) is 11.3 Å². The molecule has 0 saturated carbocycles. The number of amides is 1. The molecule has 0 saturated heterocycles. The highest BCUT2D eigenvalue weighted by atomic mass is 35.5. The second-order valence-corrected chi connectivity index (χ2v) is 10.2. The highest BCUT2D eigenvalue weighted by molar-refractivity contribution is 7.90. The molecule has 0 N–H and O–H groups in total. The van der Waals surface area contributed by atoms with Crippen LogP contribution in [0.1, 0.15) is 26.3 Å². The molecule has 1 amide bonds. The molecule has 2 heterocycles. The van der Waals surface area contributed by atoms with Gasteiger partial charge in [-0.05, 0) is 45.0 Å². The number of benzene rings is 1. The minimum absolute atomic E-state index is 0.0349. The molecular weight excluding hydrogens is 457 g/mol. The predicted octanol–water partition coefficient (Wildman–Crippen LogP) is 4.95. The number of hydrogen-bond donors (Lipinski definition) is 0. The lowest BCUT2D eigenvalue weighted by Gasteiger charge is -2.30. The van der Waals surface area contributed by atoms with Crippen molar-refractivity contribution in [3.63, 3.8) is 0 Å². The first-order valence-electron chi connectivity index (χ1n) is 9.66. The van der Waals surface area contributed by atoms with Gasteiger partial charge in [-0.25, -0.2) is 26.6 Å². The van der Waals surface area contributed by atoms with E-state index in [4.69, 9.17) is 16.3 Å². The summed E-state index contributed by atoms with van der Waals surface area (Å²) in [4.78, 5) is 17.6. The summed E-state index contributed by atoms with van der Waals surface area (Å²) >= 11 is 6.15. The summed E-state index contributed by atoms with van der Waals surface area (Å²) in [5.41, 5.74) is -0.820. The topological polar surface area (TPSA) is 81.5 Å². The first-order chi connectivity index (χ1) is 14.9. The van der Waals surface area contributed by atoms with E-state index >= 15 is 4.39 Å². The number of hydrogen-bond acceptors (Lipinski definition) is 5. The molecule has 0 bridgehead atoms. The van der Waals surface area contributed by atoms with E-state index < -0.39 is 34.1 Å². The van der Waals surface area contributed by atoms with E-state index in [9.17, 15) is 13.2 Å². The second-order valence-electron chi connectivity index (χ2n) is 8.06. The Labute approximate surface area is 191 Å². The maximum atomic E-state index is 15.5. The van der Waals surface area contributed by atoms with Crippen LogP contribution in [0.4, 0.5) is 9.18 Å². The lowest BCUT2D eigenvalue weighted by molar-refractivity contribution is 0.0753. The Morgan fingerprint density at radius 3 is 2.44 bits per heavy atom. The summed E-state index contributed by atoms with van der Waals surface area (Å²) in [5.74, 6) is -0.870. The van der Waals surface area contributed by atoms with Crippen LogP contribution in [0.3, 0.4) is 0 Å². The van der Waals surface area contributed by atoms with Crippen molar-refractivity contribution in [1.29, 1.82) is 0 Å². The molecule has 0 aliphatic carbocycles. The molecule has 0 unspecified atom stereocenters. The fraction of sp³-hybridized carbons (Fsp3) is 0.273. The lowest BCUT2D eigenvalue weighted by Crippen LogP contribution is -2.42. The number of carbonyl (C=O) groups is 1. The third-order valence-electron chi connectivity index (χ3n) is 4.93. The van der Waals surface area contributed by atoms with Gasteiger partial charge in [-0.1, -0.05) is 29.8 Å². The molecule has 10 heteroatoms. The standard InChI is InChI=1S/C22H23ClFN3O4S/c1-22(2,3)26(4)21(28)31-14-15-13-27(32(29,30)16-9-6-5-7-10-16)19(18(15)24)17-11-8-12-25-20(17)23/h5-13H,14H2,1-4H3. The van der Waals surface area contributed by atoms with Crippen molar-refractivity contribution in [1.82, 2.24) is 13.9 Å². The molecule has 2 aromatic heterocycles. The minimum atomic E-state index is -4.17. The number of pyridine rings is 1. The molecule has 0 aliphatic heterocycles. The van der Waals surface area contributed by atoms with E-state index in [1.54, 1.807) is 25.2 Å². The molecule has 7 nitrogen and oxygen atoms in total. The Morgan fingerprint density at radius 1 is 1.19 bits per heavy atom. The molecule has 3 aromatic rings. The van der Waals surface area contributed by atoms with Crippen LogP contribution >= 0.6 is 11.6 Å². The van der Waals surface area contributed by atoms with E-state index in [0.29, 0.717) is 0 Å². The Kier molecular flexibility index (Phi) is 6.61. The van der Waals surface area contributed by atoms with Crippen LogP contribution in [0.5, 0.6) is 0 Å². The zero-order chi connectivity index (χ0) is 23.7. The summed E-state index contributed by atoms with van der Waals surface area (Å²) in [7, 11) is -2.61. The normalized spacial score (nSPS) is 11.9.